The molecule has 0 atom stereocenters. The lowest BCUT2D eigenvalue weighted by Crippen LogP contribution is -2.14. The van der Waals surface area contributed by atoms with E-state index in [0.717, 1.165) is 6.07 Å². The van der Waals surface area contributed by atoms with E-state index in [9.17, 15) is 13.6 Å². The zero-order valence-corrected chi connectivity index (χ0v) is 11.6. The molecule has 2 aromatic carbocycles. The van der Waals surface area contributed by atoms with Gasteiger partial charge in [-0.15, -0.1) is 0 Å². The molecule has 19 heavy (non-hydrogen) atoms. The number of hydrogen-bond donors (Lipinski definition) is 1. The van der Waals surface area contributed by atoms with Crippen LogP contribution in [0.4, 0.5) is 14.5 Å². The predicted molar refractivity (Wildman–Crippen MR) is 73.2 cm³/mol. The van der Waals surface area contributed by atoms with E-state index in [1.807, 2.05) is 0 Å². The fourth-order valence-electron chi connectivity index (χ4n) is 1.60. The highest BCUT2D eigenvalue weighted by molar-refractivity contribution is 9.10. The first-order valence-corrected chi connectivity index (χ1v) is 6.30. The Balaban J connectivity index is 2.26. The number of aryl methyl sites for hydroxylation is 1. The second-order valence-electron chi connectivity index (χ2n) is 4.02. The molecule has 1 N–H and O–H groups in total. The SMILES string of the molecule is Cc1cccc(C(=O)Nc2ccc(Br)c(F)c2)c1F. The Morgan fingerprint density at radius 1 is 1.21 bits per heavy atom. The van der Waals surface area contributed by atoms with Crippen LogP contribution in [0.2, 0.25) is 0 Å². The minimum absolute atomic E-state index is 0.0664. The number of carbonyl (C=O) groups excluding carboxylic acids is 1. The highest BCUT2D eigenvalue weighted by atomic mass is 79.9. The summed E-state index contributed by atoms with van der Waals surface area (Å²) in [5.41, 5.74) is 0.588. The first kappa shape index (κ1) is 13.7. The molecule has 0 heterocycles. The van der Waals surface area contributed by atoms with Crippen LogP contribution in [0, 0.1) is 18.6 Å². The Morgan fingerprint density at radius 2 is 1.95 bits per heavy atom. The van der Waals surface area contributed by atoms with E-state index in [0.29, 0.717) is 10.0 Å². The van der Waals surface area contributed by atoms with E-state index in [1.54, 1.807) is 19.1 Å². The molecule has 2 nitrogen and oxygen atoms in total. The molecule has 0 fully saturated rings. The quantitative estimate of drug-likeness (QED) is 0.876. The van der Waals surface area contributed by atoms with Gasteiger partial charge in [-0.05, 0) is 52.7 Å². The van der Waals surface area contributed by atoms with Crippen molar-refractivity contribution in [2.24, 2.45) is 0 Å². The van der Waals surface area contributed by atoms with Crippen LogP contribution in [0.3, 0.4) is 0 Å². The third-order valence-electron chi connectivity index (χ3n) is 2.61. The summed E-state index contributed by atoms with van der Waals surface area (Å²) in [5, 5.41) is 2.45. The molecule has 0 aromatic heterocycles. The van der Waals surface area contributed by atoms with Gasteiger partial charge in [0.15, 0.2) is 0 Å². The van der Waals surface area contributed by atoms with Crippen molar-refractivity contribution in [2.75, 3.05) is 5.32 Å². The van der Waals surface area contributed by atoms with Gasteiger partial charge in [0.1, 0.15) is 11.6 Å². The van der Waals surface area contributed by atoms with Gasteiger partial charge >= 0.3 is 0 Å². The van der Waals surface area contributed by atoms with E-state index in [4.69, 9.17) is 0 Å². The second-order valence-corrected chi connectivity index (χ2v) is 4.87. The van der Waals surface area contributed by atoms with E-state index < -0.39 is 17.5 Å². The summed E-state index contributed by atoms with van der Waals surface area (Å²) in [5.74, 6) is -1.68. The fraction of sp³-hybridized carbons (Fsp3) is 0.0714. The summed E-state index contributed by atoms with van der Waals surface area (Å²) in [6.07, 6.45) is 0. The summed E-state index contributed by atoms with van der Waals surface area (Å²) < 4.78 is 27.4. The standard InChI is InChI=1S/C14H10BrF2NO/c1-8-3-2-4-10(13(8)17)14(19)18-9-5-6-11(15)12(16)7-9/h2-7H,1H3,(H,18,19). The summed E-state index contributed by atoms with van der Waals surface area (Å²) >= 11 is 3.01. The van der Waals surface area contributed by atoms with Gasteiger partial charge in [-0.25, -0.2) is 8.78 Å². The van der Waals surface area contributed by atoms with Gasteiger partial charge in [0.05, 0.1) is 10.0 Å². The molecule has 0 radical (unpaired) electrons. The van der Waals surface area contributed by atoms with E-state index >= 15 is 0 Å². The van der Waals surface area contributed by atoms with Crippen molar-refractivity contribution in [2.45, 2.75) is 6.92 Å². The summed E-state index contributed by atoms with van der Waals surface area (Å²) in [7, 11) is 0. The number of benzene rings is 2. The number of carbonyl (C=O) groups is 1. The molecule has 1 amide bonds. The fourth-order valence-corrected chi connectivity index (χ4v) is 1.84. The monoisotopic (exact) mass is 325 g/mol. The van der Waals surface area contributed by atoms with Crippen molar-refractivity contribution in [1.82, 2.24) is 0 Å². The van der Waals surface area contributed by atoms with Crippen LogP contribution >= 0.6 is 15.9 Å². The van der Waals surface area contributed by atoms with Crippen molar-refractivity contribution < 1.29 is 13.6 Å². The lowest BCUT2D eigenvalue weighted by Gasteiger charge is -2.08. The number of nitrogens with one attached hydrogen (secondary N) is 1. The summed E-state index contributed by atoms with van der Waals surface area (Å²) in [6.45, 7) is 1.57. The van der Waals surface area contributed by atoms with Crippen LogP contribution in [0.5, 0.6) is 0 Å². The van der Waals surface area contributed by atoms with Crippen molar-refractivity contribution in [3.8, 4) is 0 Å². The number of halogens is 3. The molecule has 0 aliphatic rings. The number of amides is 1. The van der Waals surface area contributed by atoms with Crippen LogP contribution in [-0.4, -0.2) is 5.91 Å². The van der Waals surface area contributed by atoms with Crippen LogP contribution in [0.25, 0.3) is 0 Å². The maximum Gasteiger partial charge on any atom is 0.258 e. The first-order chi connectivity index (χ1) is 8.99. The first-order valence-electron chi connectivity index (χ1n) is 5.50. The molecule has 2 rings (SSSR count). The zero-order valence-electron chi connectivity index (χ0n) is 10.0. The van der Waals surface area contributed by atoms with Crippen LogP contribution in [0.1, 0.15) is 15.9 Å². The zero-order chi connectivity index (χ0) is 14.0. The number of anilines is 1. The topological polar surface area (TPSA) is 29.1 Å². The predicted octanol–water partition coefficient (Wildman–Crippen LogP) is 4.29. The van der Waals surface area contributed by atoms with E-state index in [2.05, 4.69) is 21.2 Å². The molecule has 2 aromatic rings. The lowest BCUT2D eigenvalue weighted by atomic mass is 10.1. The van der Waals surface area contributed by atoms with Gasteiger partial charge in [-0.1, -0.05) is 12.1 Å². The van der Waals surface area contributed by atoms with E-state index in [-0.39, 0.29) is 11.3 Å². The van der Waals surface area contributed by atoms with Gasteiger partial charge < -0.3 is 5.32 Å². The minimum Gasteiger partial charge on any atom is -0.322 e. The Kier molecular flexibility index (Phi) is 3.95. The van der Waals surface area contributed by atoms with Crippen molar-refractivity contribution in [3.63, 3.8) is 0 Å². The largest absolute Gasteiger partial charge is 0.322 e. The van der Waals surface area contributed by atoms with Crippen LogP contribution in [-0.2, 0) is 0 Å². The Morgan fingerprint density at radius 3 is 2.63 bits per heavy atom. The average Bonchev–Trinajstić information content (AvgIpc) is 2.37. The maximum atomic E-state index is 13.8. The molecule has 0 unspecified atom stereocenters. The molecule has 0 bridgehead atoms. The highest BCUT2D eigenvalue weighted by Crippen LogP contribution is 2.20. The second kappa shape index (κ2) is 5.48. The molecule has 98 valence electrons. The number of rotatable bonds is 2. The van der Waals surface area contributed by atoms with Crippen LogP contribution in [0.15, 0.2) is 40.9 Å². The van der Waals surface area contributed by atoms with Gasteiger partial charge in [0.25, 0.3) is 5.91 Å². The summed E-state index contributed by atoms with van der Waals surface area (Å²) in [6, 6.07) is 8.71. The molecule has 0 spiro atoms. The molecule has 5 heteroatoms. The highest BCUT2D eigenvalue weighted by Gasteiger charge is 2.13. The summed E-state index contributed by atoms with van der Waals surface area (Å²) in [4.78, 5) is 11.9. The van der Waals surface area contributed by atoms with Crippen molar-refractivity contribution in [1.29, 1.82) is 0 Å². The Bertz CT molecular complexity index is 643. The smallest absolute Gasteiger partial charge is 0.258 e. The minimum atomic E-state index is -0.608. The normalized spacial score (nSPS) is 10.3. The molecule has 0 aliphatic carbocycles. The molecular formula is C14H10BrF2NO. The third kappa shape index (κ3) is 2.98. The lowest BCUT2D eigenvalue weighted by molar-refractivity contribution is 0.102. The van der Waals surface area contributed by atoms with Crippen molar-refractivity contribution in [3.05, 3.63) is 63.6 Å². The van der Waals surface area contributed by atoms with Crippen LogP contribution < -0.4 is 5.32 Å². The van der Waals surface area contributed by atoms with Crippen molar-refractivity contribution >= 4 is 27.5 Å². The van der Waals surface area contributed by atoms with Gasteiger partial charge in [0, 0.05) is 5.69 Å². The Labute approximate surface area is 117 Å². The van der Waals surface area contributed by atoms with Gasteiger partial charge in [-0.2, -0.15) is 0 Å². The molecule has 0 saturated heterocycles. The van der Waals surface area contributed by atoms with Gasteiger partial charge in [0.2, 0.25) is 0 Å². The maximum absolute atomic E-state index is 13.8. The average molecular weight is 326 g/mol. The molecule has 0 aliphatic heterocycles. The molecular weight excluding hydrogens is 316 g/mol. The molecule has 0 saturated carbocycles. The third-order valence-corrected chi connectivity index (χ3v) is 3.26. The van der Waals surface area contributed by atoms with E-state index in [1.165, 1.54) is 18.2 Å². The Hall–Kier alpha value is -1.75. The number of hydrogen-bond acceptors (Lipinski definition) is 1. The van der Waals surface area contributed by atoms with Gasteiger partial charge in [-0.3, -0.25) is 4.79 Å².